The predicted molar refractivity (Wildman–Crippen MR) is 151 cm³/mol. The van der Waals surface area contributed by atoms with E-state index in [1.54, 1.807) is 11.3 Å². The second-order valence-corrected chi connectivity index (χ2v) is 11.7. The number of hydrogen-bond donors (Lipinski definition) is 1. The van der Waals surface area contributed by atoms with E-state index in [-0.39, 0.29) is 11.9 Å². The summed E-state index contributed by atoms with van der Waals surface area (Å²) in [5, 5.41) is 5.96. The first-order chi connectivity index (χ1) is 18.6. The maximum absolute atomic E-state index is 13.1. The zero-order valence-corrected chi connectivity index (χ0v) is 23.4. The summed E-state index contributed by atoms with van der Waals surface area (Å²) < 4.78 is 0. The molecule has 3 amide bonds. The topological polar surface area (TPSA) is 84.9 Å². The van der Waals surface area contributed by atoms with E-state index in [1.165, 1.54) is 25.8 Å². The van der Waals surface area contributed by atoms with Gasteiger partial charge in [-0.3, -0.25) is 4.79 Å². The lowest BCUT2D eigenvalue weighted by molar-refractivity contribution is 0.0944. The van der Waals surface area contributed by atoms with Gasteiger partial charge in [0, 0.05) is 75.9 Å². The molecular formula is C28H41N7O2S. The van der Waals surface area contributed by atoms with Crippen molar-refractivity contribution in [2.45, 2.75) is 57.4 Å². The monoisotopic (exact) mass is 539 g/mol. The Balaban J connectivity index is 1.02. The molecule has 3 fully saturated rings. The van der Waals surface area contributed by atoms with Crippen LogP contribution in [0.15, 0.2) is 29.8 Å². The summed E-state index contributed by atoms with van der Waals surface area (Å²) in [6.45, 7) is 9.74. The summed E-state index contributed by atoms with van der Waals surface area (Å²) in [6.07, 6.45) is 8.47. The number of likely N-dealkylation sites (tertiary alicyclic amines) is 2. The summed E-state index contributed by atoms with van der Waals surface area (Å²) in [7, 11) is 0. The van der Waals surface area contributed by atoms with Gasteiger partial charge in [0.15, 0.2) is 0 Å². The maximum atomic E-state index is 13.1. The molecule has 3 aliphatic heterocycles. The number of anilines is 1. The summed E-state index contributed by atoms with van der Waals surface area (Å²) in [5.74, 6) is 1.22. The van der Waals surface area contributed by atoms with Gasteiger partial charge in [0.25, 0.3) is 5.91 Å². The lowest BCUT2D eigenvalue weighted by Crippen LogP contribution is -2.54. The third-order valence-electron chi connectivity index (χ3n) is 8.24. The number of thiazole rings is 1. The molecule has 0 bridgehead atoms. The molecule has 1 unspecified atom stereocenters. The molecule has 9 nitrogen and oxygen atoms in total. The van der Waals surface area contributed by atoms with Gasteiger partial charge in [-0.25, -0.2) is 14.8 Å². The Morgan fingerprint density at radius 2 is 1.79 bits per heavy atom. The zero-order chi connectivity index (χ0) is 26.3. The molecule has 5 heterocycles. The van der Waals surface area contributed by atoms with Crippen LogP contribution in [0, 0.1) is 0 Å². The molecule has 38 heavy (non-hydrogen) atoms. The smallest absolute Gasteiger partial charge is 0.320 e. The fraction of sp³-hybridized carbons (Fsp3) is 0.643. The molecule has 0 saturated carbocycles. The number of piperazine rings is 1. The highest BCUT2D eigenvalue weighted by Crippen LogP contribution is 2.31. The van der Waals surface area contributed by atoms with Crippen LogP contribution in [-0.2, 0) is 0 Å². The van der Waals surface area contributed by atoms with E-state index in [9.17, 15) is 9.59 Å². The third-order valence-corrected chi connectivity index (χ3v) is 9.25. The van der Waals surface area contributed by atoms with Gasteiger partial charge in [0.2, 0.25) is 0 Å². The van der Waals surface area contributed by atoms with Crippen LogP contribution >= 0.6 is 11.3 Å². The Labute approximate surface area is 230 Å². The first kappa shape index (κ1) is 26.9. The van der Waals surface area contributed by atoms with E-state index >= 15 is 0 Å². The number of nitrogens with one attached hydrogen (secondary N) is 1. The van der Waals surface area contributed by atoms with Crippen molar-refractivity contribution in [2.24, 2.45) is 0 Å². The second kappa shape index (κ2) is 12.9. The van der Waals surface area contributed by atoms with Crippen molar-refractivity contribution in [1.29, 1.82) is 0 Å². The van der Waals surface area contributed by atoms with Crippen LogP contribution in [-0.4, -0.2) is 102 Å². The molecule has 3 aliphatic rings. The van der Waals surface area contributed by atoms with Crippen molar-refractivity contribution in [3.05, 3.63) is 40.5 Å². The van der Waals surface area contributed by atoms with E-state index in [1.807, 2.05) is 39.6 Å². The van der Waals surface area contributed by atoms with Gasteiger partial charge in [0.1, 0.15) is 11.5 Å². The number of pyridine rings is 1. The van der Waals surface area contributed by atoms with Crippen LogP contribution in [0.5, 0.6) is 0 Å². The highest BCUT2D eigenvalue weighted by atomic mass is 32.1. The second-order valence-electron chi connectivity index (χ2n) is 10.8. The van der Waals surface area contributed by atoms with Crippen LogP contribution in [0.1, 0.15) is 66.9 Å². The van der Waals surface area contributed by atoms with Gasteiger partial charge in [0.05, 0.1) is 5.01 Å². The lowest BCUT2D eigenvalue weighted by Gasteiger charge is -2.39. The number of rotatable bonds is 7. The standard InChI is InChI=1S/C28H41N7O2S/c1-22-7-3-5-13-32(22)14-6-12-30-26(36)24-21-38-27(31-24)23-9-15-34(16-10-23)28(37)35-19-17-33(18-20-35)25-8-2-4-11-29-25/h2,4,8,11,21-23H,3,5-7,9-10,12-20H2,1H3,(H,30,36). The first-order valence-corrected chi connectivity index (χ1v) is 15.1. The Bertz CT molecular complexity index is 1050. The Hall–Kier alpha value is -2.72. The molecule has 0 aromatic carbocycles. The SMILES string of the molecule is CC1CCCCN1CCCNC(=O)c1csc(C2CCN(C(=O)N3CCN(c4ccccn4)CC3)CC2)n1. The van der Waals surface area contributed by atoms with Gasteiger partial charge >= 0.3 is 6.03 Å². The van der Waals surface area contributed by atoms with Gasteiger partial charge in [-0.05, 0) is 57.7 Å². The van der Waals surface area contributed by atoms with E-state index in [4.69, 9.17) is 0 Å². The summed E-state index contributed by atoms with van der Waals surface area (Å²) in [5.41, 5.74) is 0.528. The molecule has 10 heteroatoms. The number of hydrogen-bond acceptors (Lipinski definition) is 7. The average molecular weight is 540 g/mol. The average Bonchev–Trinajstić information content (AvgIpc) is 3.47. The molecule has 3 saturated heterocycles. The van der Waals surface area contributed by atoms with Gasteiger partial charge in [-0.15, -0.1) is 11.3 Å². The molecule has 0 aliphatic carbocycles. The number of piperidine rings is 2. The summed E-state index contributed by atoms with van der Waals surface area (Å²) >= 11 is 1.58. The molecule has 1 atom stereocenters. The predicted octanol–water partition coefficient (Wildman–Crippen LogP) is 3.65. The Kier molecular flexibility index (Phi) is 9.11. The van der Waals surface area contributed by atoms with E-state index in [0.29, 0.717) is 24.2 Å². The van der Waals surface area contributed by atoms with E-state index < -0.39 is 0 Å². The molecule has 2 aromatic rings. The van der Waals surface area contributed by atoms with Crippen LogP contribution in [0.2, 0.25) is 0 Å². The highest BCUT2D eigenvalue weighted by molar-refractivity contribution is 7.09. The molecular weight excluding hydrogens is 498 g/mol. The fourth-order valence-corrected chi connectivity index (χ4v) is 6.80. The number of carbonyl (C=O) groups excluding carboxylic acids is 2. The van der Waals surface area contributed by atoms with Gasteiger partial charge in [-0.2, -0.15) is 0 Å². The third kappa shape index (κ3) is 6.64. The molecule has 0 radical (unpaired) electrons. The molecule has 1 N–H and O–H groups in total. The number of carbonyl (C=O) groups is 2. The number of nitrogens with zero attached hydrogens (tertiary/aromatic N) is 6. The van der Waals surface area contributed by atoms with Crippen molar-refractivity contribution in [3.8, 4) is 0 Å². The maximum Gasteiger partial charge on any atom is 0.320 e. The van der Waals surface area contributed by atoms with Crippen LogP contribution in [0.25, 0.3) is 0 Å². The zero-order valence-electron chi connectivity index (χ0n) is 22.6. The minimum atomic E-state index is -0.0725. The number of aromatic nitrogens is 2. The van der Waals surface area contributed by atoms with Gasteiger partial charge < -0.3 is 24.9 Å². The Morgan fingerprint density at radius 1 is 1.00 bits per heavy atom. The Morgan fingerprint density at radius 3 is 2.53 bits per heavy atom. The summed E-state index contributed by atoms with van der Waals surface area (Å²) in [4.78, 5) is 43.6. The van der Waals surface area contributed by atoms with Crippen molar-refractivity contribution in [1.82, 2.24) is 30.0 Å². The minimum Gasteiger partial charge on any atom is -0.353 e. The van der Waals surface area contributed by atoms with Crippen LogP contribution in [0.4, 0.5) is 10.6 Å². The minimum absolute atomic E-state index is 0.0725. The van der Waals surface area contributed by atoms with Crippen molar-refractivity contribution in [2.75, 3.05) is 63.8 Å². The first-order valence-electron chi connectivity index (χ1n) is 14.3. The van der Waals surface area contributed by atoms with E-state index in [2.05, 4.69) is 32.0 Å². The van der Waals surface area contributed by atoms with Crippen molar-refractivity contribution in [3.63, 3.8) is 0 Å². The molecule has 206 valence electrons. The summed E-state index contributed by atoms with van der Waals surface area (Å²) in [6, 6.07) is 6.74. The fourth-order valence-electron chi connectivity index (χ4n) is 5.83. The normalized spacial score (nSPS) is 21.5. The van der Waals surface area contributed by atoms with Crippen LogP contribution < -0.4 is 10.2 Å². The number of amides is 3. The van der Waals surface area contributed by atoms with Crippen molar-refractivity contribution < 1.29 is 9.59 Å². The highest BCUT2D eigenvalue weighted by Gasteiger charge is 2.30. The largest absolute Gasteiger partial charge is 0.353 e. The van der Waals surface area contributed by atoms with E-state index in [0.717, 1.165) is 75.9 Å². The lowest BCUT2D eigenvalue weighted by atomic mass is 9.98. The number of urea groups is 1. The van der Waals surface area contributed by atoms with Crippen LogP contribution in [0.3, 0.4) is 0 Å². The van der Waals surface area contributed by atoms with Gasteiger partial charge in [-0.1, -0.05) is 12.5 Å². The quantitative estimate of drug-likeness (QED) is 0.541. The van der Waals surface area contributed by atoms with Crippen molar-refractivity contribution >= 4 is 29.1 Å². The molecule has 2 aromatic heterocycles. The molecule has 0 spiro atoms. The molecule has 5 rings (SSSR count).